The molecule has 366 valence electrons. The first-order valence-electron chi connectivity index (χ1n) is 25.4. The predicted molar refractivity (Wildman–Crippen MR) is 272 cm³/mol. The smallest absolute Gasteiger partial charge is 0.338 e. The molecule has 72 heavy (non-hydrogen) atoms. The molecule has 11 heteroatoms. The van der Waals surface area contributed by atoms with Crippen LogP contribution in [0.15, 0.2) is 152 Å². The average molecular weight is 962 g/mol. The largest absolute Gasteiger partial charge is 0.497 e. The highest BCUT2D eigenvalue weighted by Gasteiger charge is 2.56. The van der Waals surface area contributed by atoms with Crippen LogP contribution in [0.5, 0.6) is 5.75 Å². The molecule has 13 rings (SSSR count). The second kappa shape index (κ2) is 19.9. The van der Waals surface area contributed by atoms with Crippen LogP contribution in [0, 0.1) is 35.0 Å². The molecule has 11 nitrogen and oxygen atoms in total. The molecule has 0 radical (unpaired) electrons. The summed E-state index contributed by atoms with van der Waals surface area (Å²) in [4.78, 5) is 73.1. The second-order valence-electron chi connectivity index (χ2n) is 20.9. The van der Waals surface area contributed by atoms with Crippen LogP contribution in [0.1, 0.15) is 110 Å². The minimum Gasteiger partial charge on any atom is -0.497 e. The van der Waals surface area contributed by atoms with Crippen molar-refractivity contribution in [2.24, 2.45) is 35.0 Å². The number of ether oxygens (including phenoxy) is 3. The lowest BCUT2D eigenvalue weighted by Crippen LogP contribution is -2.57. The lowest BCUT2D eigenvalue weighted by molar-refractivity contribution is -0.139. The second-order valence-corrected chi connectivity index (χ2v) is 20.9. The number of carbonyl (C=O) groups excluding carboxylic acids is 5. The van der Waals surface area contributed by atoms with E-state index in [1.165, 1.54) is 37.5 Å². The summed E-state index contributed by atoms with van der Waals surface area (Å²) < 4.78 is 16.8. The molecule has 0 unspecified atom stereocenters. The minimum absolute atomic E-state index is 0.0146. The van der Waals surface area contributed by atoms with Gasteiger partial charge in [-0.1, -0.05) is 121 Å². The molecule has 6 aromatic rings. The van der Waals surface area contributed by atoms with Crippen molar-refractivity contribution in [3.8, 4) is 5.75 Å². The predicted octanol–water partition coefficient (Wildman–Crippen LogP) is 9.93. The lowest BCUT2D eigenvalue weighted by Gasteiger charge is -2.57. The van der Waals surface area contributed by atoms with Crippen molar-refractivity contribution in [1.29, 1.82) is 0 Å². The lowest BCUT2D eigenvalue weighted by atomic mass is 9.49. The Morgan fingerprint density at radius 2 is 1.01 bits per heavy atom. The zero-order valence-corrected chi connectivity index (χ0v) is 40.4. The minimum atomic E-state index is -1.17. The molecule has 3 N–H and O–H groups in total. The van der Waals surface area contributed by atoms with E-state index < -0.39 is 47.5 Å². The number of rotatable bonds is 16. The molecule has 0 spiro atoms. The maximum absolute atomic E-state index is 15.6. The van der Waals surface area contributed by atoms with E-state index in [1.807, 2.05) is 97.1 Å². The summed E-state index contributed by atoms with van der Waals surface area (Å²) in [6.07, 6.45) is 7.40. The Kier molecular flexibility index (Phi) is 13.0. The molecule has 3 atom stereocenters. The Hall–Kier alpha value is -7.53. The van der Waals surface area contributed by atoms with Gasteiger partial charge in [0.2, 0.25) is 17.7 Å². The molecular weight excluding hydrogens is 903 g/mol. The molecule has 0 heterocycles. The van der Waals surface area contributed by atoms with E-state index in [4.69, 9.17) is 14.2 Å². The van der Waals surface area contributed by atoms with Crippen LogP contribution >= 0.6 is 0 Å². The standard InChI is InChI=1S/C61H59N3O8/c1-70-46-22-20-37(21-23-46)27-51(56(65)63-45-29-43(59(68)71-34-38-12-4-2-5-13-38)28-44(30-45)60(69)72-35-39-14-6-3-7-15-39)64-58(67)55-53-49-18-10-8-16-47(49)52(48-17-9-11-19-50(48)53)54(55)57(66)62-36-61-31-40-24-41(32-61)26-42(25-40)33-61/h2-23,28-30,40-42,51-55H,24-27,31-36H2,1H3,(H,62,66)(H,63,65)(H,64,67)/t40?,41?,42?,51-,52?,53?,54-,55+,61?/m0/s1. The molecule has 6 bridgehead atoms. The zero-order chi connectivity index (χ0) is 49.3. The molecule has 4 saturated carbocycles. The van der Waals surface area contributed by atoms with Crippen LogP contribution < -0.4 is 20.7 Å². The molecule has 3 amide bonds. The number of hydrogen-bond acceptors (Lipinski definition) is 8. The Labute approximate surface area is 420 Å². The summed E-state index contributed by atoms with van der Waals surface area (Å²) in [5.74, 6) is -2.21. The van der Waals surface area contributed by atoms with E-state index in [1.54, 1.807) is 19.2 Å². The molecule has 4 fully saturated rings. The van der Waals surface area contributed by atoms with Gasteiger partial charge in [0, 0.05) is 30.5 Å². The zero-order valence-electron chi connectivity index (χ0n) is 40.4. The third-order valence-corrected chi connectivity index (χ3v) is 16.2. The van der Waals surface area contributed by atoms with Crippen LogP contribution in [0.3, 0.4) is 0 Å². The van der Waals surface area contributed by atoms with Crippen molar-refractivity contribution in [1.82, 2.24) is 10.6 Å². The van der Waals surface area contributed by atoms with Crippen LogP contribution in [-0.4, -0.2) is 49.4 Å². The van der Waals surface area contributed by atoms with E-state index >= 15 is 9.59 Å². The van der Waals surface area contributed by atoms with Gasteiger partial charge in [0.15, 0.2) is 0 Å². The SMILES string of the molecule is COc1ccc(C[C@H](NC(=O)[C@@H]2C3c4ccccc4C(c4ccccc43)[C@@H]2C(=O)NCC23CC4CC(CC(C4)C2)C3)C(=O)Nc2cc(C(=O)OCc3ccccc3)cc(C(=O)OCc3ccccc3)c2)cc1. The van der Waals surface area contributed by atoms with Crippen LogP contribution in [0.25, 0.3) is 0 Å². The van der Waals surface area contributed by atoms with Gasteiger partial charge < -0.3 is 30.2 Å². The van der Waals surface area contributed by atoms with Crippen LogP contribution in [0.4, 0.5) is 5.69 Å². The number of hydrogen-bond donors (Lipinski definition) is 3. The third-order valence-electron chi connectivity index (χ3n) is 16.2. The normalized spacial score (nSPS) is 24.2. The van der Waals surface area contributed by atoms with Gasteiger partial charge in [0.1, 0.15) is 25.0 Å². The van der Waals surface area contributed by atoms with Crippen molar-refractivity contribution >= 4 is 35.3 Å². The van der Waals surface area contributed by atoms with E-state index in [2.05, 4.69) is 40.2 Å². The van der Waals surface area contributed by atoms with Gasteiger partial charge in [0.25, 0.3) is 0 Å². The number of methoxy groups -OCH3 is 1. The van der Waals surface area contributed by atoms with Crippen LogP contribution in [0.2, 0.25) is 0 Å². The first-order valence-corrected chi connectivity index (χ1v) is 25.4. The summed E-state index contributed by atoms with van der Waals surface area (Å²) in [5, 5.41) is 9.59. The quantitative estimate of drug-likeness (QED) is 0.0813. The fourth-order valence-electron chi connectivity index (χ4n) is 13.5. The van der Waals surface area contributed by atoms with Gasteiger partial charge >= 0.3 is 11.9 Å². The molecule has 7 aliphatic carbocycles. The monoisotopic (exact) mass is 961 g/mol. The third kappa shape index (κ3) is 9.52. The average Bonchev–Trinajstić information content (AvgIpc) is 3.41. The van der Waals surface area contributed by atoms with Gasteiger partial charge in [-0.3, -0.25) is 14.4 Å². The number of anilines is 1. The number of esters is 2. The van der Waals surface area contributed by atoms with Gasteiger partial charge in [-0.15, -0.1) is 0 Å². The first kappa shape index (κ1) is 46.8. The number of benzene rings is 6. The molecule has 7 aliphatic rings. The van der Waals surface area contributed by atoms with Crippen molar-refractivity contribution in [3.05, 3.63) is 202 Å². The molecule has 0 saturated heterocycles. The summed E-state index contributed by atoms with van der Waals surface area (Å²) >= 11 is 0. The Bertz CT molecular complexity index is 2850. The highest BCUT2D eigenvalue weighted by molar-refractivity contribution is 6.02. The van der Waals surface area contributed by atoms with Crippen LogP contribution in [-0.2, 0) is 43.5 Å². The molecule has 0 aromatic heterocycles. The van der Waals surface area contributed by atoms with Crippen molar-refractivity contribution in [3.63, 3.8) is 0 Å². The summed E-state index contributed by atoms with van der Waals surface area (Å²) in [5.41, 5.74) is 6.64. The van der Waals surface area contributed by atoms with Crippen molar-refractivity contribution < 1.29 is 38.2 Å². The van der Waals surface area contributed by atoms with Gasteiger partial charge in [-0.2, -0.15) is 0 Å². The van der Waals surface area contributed by atoms with E-state index in [-0.39, 0.29) is 53.7 Å². The molecule has 0 aliphatic heterocycles. The number of fused-ring (bicyclic) bond motifs is 1. The number of nitrogens with one attached hydrogen (secondary N) is 3. The summed E-state index contributed by atoms with van der Waals surface area (Å²) in [6, 6.07) is 45.1. The topological polar surface area (TPSA) is 149 Å². The maximum atomic E-state index is 15.6. The van der Waals surface area contributed by atoms with Crippen molar-refractivity contribution in [2.75, 3.05) is 19.0 Å². The maximum Gasteiger partial charge on any atom is 0.338 e. The van der Waals surface area contributed by atoms with Gasteiger partial charge in [0.05, 0.1) is 30.1 Å². The highest BCUT2D eigenvalue weighted by atomic mass is 16.5. The molecular formula is C61H59N3O8. The Morgan fingerprint density at radius 1 is 0.556 bits per heavy atom. The fourth-order valence-corrected chi connectivity index (χ4v) is 13.5. The Balaban J connectivity index is 0.910. The van der Waals surface area contributed by atoms with Gasteiger partial charge in [-0.05, 0) is 131 Å². The summed E-state index contributed by atoms with van der Waals surface area (Å²) in [6.45, 7) is 0.572. The van der Waals surface area contributed by atoms with E-state index in [9.17, 15) is 14.4 Å². The summed E-state index contributed by atoms with van der Waals surface area (Å²) in [7, 11) is 1.58. The number of carbonyl (C=O) groups is 5. The fraction of sp³-hybridized carbons (Fsp3) is 0.328. The Morgan fingerprint density at radius 3 is 1.49 bits per heavy atom. The number of amides is 3. The van der Waals surface area contributed by atoms with E-state index in [0.29, 0.717) is 12.3 Å². The van der Waals surface area contributed by atoms with Gasteiger partial charge in [-0.25, -0.2) is 9.59 Å². The van der Waals surface area contributed by atoms with Crippen molar-refractivity contribution in [2.45, 2.75) is 76.0 Å². The highest BCUT2D eigenvalue weighted by Crippen LogP contribution is 2.61. The van der Waals surface area contributed by atoms with E-state index in [0.717, 1.165) is 76.0 Å². The molecule has 6 aromatic carbocycles. The first-order chi connectivity index (χ1) is 35.1.